The maximum Gasteiger partial charge on any atom is 0.405 e. The lowest BCUT2D eigenvalue weighted by Gasteiger charge is -2.41. The van der Waals surface area contributed by atoms with Gasteiger partial charge < -0.3 is 25.4 Å². The summed E-state index contributed by atoms with van der Waals surface area (Å²) in [6, 6.07) is 3.81. The van der Waals surface area contributed by atoms with E-state index in [-0.39, 0.29) is 25.7 Å². The summed E-state index contributed by atoms with van der Waals surface area (Å²) in [6.07, 6.45) is 1.07. The lowest BCUT2D eigenvalue weighted by atomic mass is 10.1. The molecule has 1 aliphatic rings. The lowest BCUT2D eigenvalue weighted by molar-refractivity contribution is -0.139. The van der Waals surface area contributed by atoms with Crippen molar-refractivity contribution in [3.05, 3.63) is 36.8 Å². The minimum Gasteiger partial charge on any atom is -0.345 e. The van der Waals surface area contributed by atoms with E-state index in [2.05, 4.69) is 25.3 Å². The Kier molecular flexibility index (Phi) is 7.03. The van der Waals surface area contributed by atoms with Crippen LogP contribution in [0.3, 0.4) is 0 Å². The third-order valence-electron chi connectivity index (χ3n) is 5.59. The van der Waals surface area contributed by atoms with Crippen LogP contribution in [-0.4, -0.2) is 81.7 Å². The average molecular weight is 490 g/mol. The molecule has 1 atom stereocenters. The number of rotatable bonds is 6. The van der Waals surface area contributed by atoms with E-state index >= 15 is 0 Å². The number of aromatic amines is 1. The normalized spacial score (nSPS) is 16.4. The van der Waals surface area contributed by atoms with Crippen molar-refractivity contribution in [2.45, 2.75) is 25.6 Å². The lowest BCUT2D eigenvalue weighted by Crippen LogP contribution is -2.62. The molecular formula is C22H25F3N8O2. The molecule has 1 aliphatic heterocycles. The van der Waals surface area contributed by atoms with Crippen molar-refractivity contribution in [2.75, 3.05) is 37.6 Å². The first kappa shape index (κ1) is 24.2. The molecule has 4 rings (SSSR count). The highest BCUT2D eigenvalue weighted by Crippen LogP contribution is 2.27. The van der Waals surface area contributed by atoms with Crippen molar-refractivity contribution in [1.29, 1.82) is 0 Å². The van der Waals surface area contributed by atoms with Crippen LogP contribution < -0.4 is 15.5 Å². The summed E-state index contributed by atoms with van der Waals surface area (Å²) in [7, 11) is 0. The molecule has 1 saturated heterocycles. The summed E-state index contributed by atoms with van der Waals surface area (Å²) < 4.78 is 38.3. The number of pyridine rings is 1. The molecule has 4 heterocycles. The summed E-state index contributed by atoms with van der Waals surface area (Å²) in [5, 5.41) is 5.49. The average Bonchev–Trinajstić information content (AvgIpc) is 3.29. The van der Waals surface area contributed by atoms with Crippen LogP contribution in [0.15, 0.2) is 36.8 Å². The molecule has 0 saturated carbocycles. The molecule has 0 bridgehead atoms. The van der Waals surface area contributed by atoms with Gasteiger partial charge in [-0.1, -0.05) is 6.92 Å². The Hall–Kier alpha value is -3.90. The van der Waals surface area contributed by atoms with Crippen molar-refractivity contribution in [1.82, 2.24) is 35.5 Å². The number of carbonyl (C=O) groups is 2. The standard InChI is InChI=1S/C22H25F3N8O2/c1-2-6-28-21(35)32-9-10-33(16(12-32)20(34)30-13-22(23,24)25)17-5-8-27-19(31-17)15-11-29-18-14(15)4-3-7-26-18/h3-5,7-8,11,16H,2,6,9-10,12-13H2,1H3,(H,26,29)(H,28,35)(H,30,34). The Morgan fingerprint density at radius 2 is 2.00 bits per heavy atom. The number of anilines is 1. The van der Waals surface area contributed by atoms with E-state index in [4.69, 9.17) is 0 Å². The summed E-state index contributed by atoms with van der Waals surface area (Å²) in [5.41, 5.74) is 1.36. The second-order valence-corrected chi connectivity index (χ2v) is 8.06. The monoisotopic (exact) mass is 490 g/mol. The van der Waals surface area contributed by atoms with Crippen LogP contribution in [-0.2, 0) is 4.79 Å². The van der Waals surface area contributed by atoms with Gasteiger partial charge >= 0.3 is 12.2 Å². The molecule has 3 N–H and O–H groups in total. The predicted octanol–water partition coefficient (Wildman–Crippen LogP) is 2.31. The predicted molar refractivity (Wildman–Crippen MR) is 123 cm³/mol. The van der Waals surface area contributed by atoms with Crippen molar-refractivity contribution in [3.63, 3.8) is 0 Å². The molecule has 1 unspecified atom stereocenters. The molecule has 0 radical (unpaired) electrons. The van der Waals surface area contributed by atoms with Crippen LogP contribution in [0.1, 0.15) is 13.3 Å². The zero-order valence-electron chi connectivity index (χ0n) is 19.0. The SMILES string of the molecule is CCCNC(=O)N1CCN(c2ccnc(-c3c[nH]c4ncccc34)n2)C(C(=O)NCC(F)(F)F)C1. The van der Waals surface area contributed by atoms with Crippen molar-refractivity contribution in [2.24, 2.45) is 0 Å². The maximum absolute atomic E-state index is 12.8. The first-order valence-corrected chi connectivity index (χ1v) is 11.2. The van der Waals surface area contributed by atoms with Gasteiger partial charge in [-0.15, -0.1) is 0 Å². The minimum atomic E-state index is -4.56. The first-order chi connectivity index (χ1) is 16.8. The Balaban J connectivity index is 1.61. The van der Waals surface area contributed by atoms with Gasteiger partial charge in [-0.2, -0.15) is 13.2 Å². The van der Waals surface area contributed by atoms with Crippen LogP contribution in [0.2, 0.25) is 0 Å². The summed E-state index contributed by atoms with van der Waals surface area (Å²) in [6.45, 7) is 1.29. The number of H-pyrrole nitrogens is 1. The van der Waals surface area contributed by atoms with E-state index in [1.165, 1.54) is 11.1 Å². The highest BCUT2D eigenvalue weighted by atomic mass is 19.4. The van der Waals surface area contributed by atoms with E-state index in [0.29, 0.717) is 29.4 Å². The third kappa shape index (κ3) is 5.61. The second-order valence-electron chi connectivity index (χ2n) is 8.06. The summed E-state index contributed by atoms with van der Waals surface area (Å²) in [5.74, 6) is -0.0971. The van der Waals surface area contributed by atoms with Crippen LogP contribution in [0.25, 0.3) is 22.4 Å². The minimum absolute atomic E-state index is 0.0877. The van der Waals surface area contributed by atoms with E-state index in [1.54, 1.807) is 29.4 Å². The van der Waals surface area contributed by atoms with Crippen molar-refractivity contribution < 1.29 is 22.8 Å². The molecular weight excluding hydrogens is 465 g/mol. The number of hydrogen-bond acceptors (Lipinski definition) is 6. The van der Waals surface area contributed by atoms with Crippen LogP contribution in [0, 0.1) is 0 Å². The molecule has 3 amide bonds. The molecule has 3 aromatic heterocycles. The number of carbonyl (C=O) groups excluding carboxylic acids is 2. The number of nitrogens with one attached hydrogen (secondary N) is 3. The highest BCUT2D eigenvalue weighted by Gasteiger charge is 2.37. The Bertz CT molecular complexity index is 1200. The van der Waals surface area contributed by atoms with E-state index < -0.39 is 24.7 Å². The zero-order chi connectivity index (χ0) is 25.0. The number of aromatic nitrogens is 4. The fourth-order valence-corrected chi connectivity index (χ4v) is 3.89. The van der Waals surface area contributed by atoms with Crippen molar-refractivity contribution >= 4 is 28.8 Å². The second kappa shape index (κ2) is 10.2. The van der Waals surface area contributed by atoms with Gasteiger partial charge in [-0.05, 0) is 24.6 Å². The number of halogens is 3. The maximum atomic E-state index is 12.8. The van der Waals surface area contributed by atoms with Gasteiger partial charge in [-0.3, -0.25) is 4.79 Å². The smallest absolute Gasteiger partial charge is 0.345 e. The number of alkyl halides is 3. The zero-order valence-corrected chi connectivity index (χ0v) is 19.0. The van der Waals surface area contributed by atoms with Gasteiger partial charge in [0.05, 0.1) is 6.54 Å². The van der Waals surface area contributed by atoms with Gasteiger partial charge in [0.1, 0.15) is 24.1 Å². The number of urea groups is 1. The fraction of sp³-hybridized carbons (Fsp3) is 0.409. The van der Waals surface area contributed by atoms with Gasteiger partial charge in [-0.25, -0.2) is 19.7 Å². The highest BCUT2D eigenvalue weighted by molar-refractivity contribution is 5.92. The fourth-order valence-electron chi connectivity index (χ4n) is 3.89. The number of piperazine rings is 1. The van der Waals surface area contributed by atoms with E-state index in [0.717, 1.165) is 11.8 Å². The molecule has 35 heavy (non-hydrogen) atoms. The number of amides is 3. The number of fused-ring (bicyclic) bond motifs is 1. The van der Waals surface area contributed by atoms with Gasteiger partial charge in [0, 0.05) is 49.2 Å². The third-order valence-corrected chi connectivity index (χ3v) is 5.59. The first-order valence-electron chi connectivity index (χ1n) is 11.2. The van der Waals surface area contributed by atoms with Gasteiger partial charge in [0.15, 0.2) is 5.82 Å². The molecule has 13 heteroatoms. The largest absolute Gasteiger partial charge is 0.405 e. The Labute approximate surface area is 198 Å². The summed E-state index contributed by atoms with van der Waals surface area (Å²) >= 11 is 0. The number of hydrogen-bond donors (Lipinski definition) is 3. The Morgan fingerprint density at radius 3 is 2.77 bits per heavy atom. The van der Waals surface area contributed by atoms with Gasteiger partial charge in [0.2, 0.25) is 5.91 Å². The van der Waals surface area contributed by atoms with Crippen molar-refractivity contribution in [3.8, 4) is 11.4 Å². The van der Waals surface area contributed by atoms with E-state index in [9.17, 15) is 22.8 Å². The molecule has 0 aromatic carbocycles. The molecule has 10 nitrogen and oxygen atoms in total. The molecule has 1 fully saturated rings. The molecule has 0 spiro atoms. The van der Waals surface area contributed by atoms with Crippen LogP contribution >= 0.6 is 0 Å². The van der Waals surface area contributed by atoms with Crippen LogP contribution in [0.5, 0.6) is 0 Å². The molecule has 186 valence electrons. The van der Waals surface area contributed by atoms with E-state index in [1.807, 2.05) is 18.3 Å². The Morgan fingerprint density at radius 1 is 1.17 bits per heavy atom. The molecule has 3 aromatic rings. The molecule has 0 aliphatic carbocycles. The summed E-state index contributed by atoms with van der Waals surface area (Å²) in [4.78, 5) is 44.6. The quantitative estimate of drug-likeness (QED) is 0.488. The topological polar surface area (TPSA) is 119 Å². The number of nitrogens with zero attached hydrogens (tertiary/aromatic N) is 5. The van der Waals surface area contributed by atoms with Crippen LogP contribution in [0.4, 0.5) is 23.8 Å². The van der Waals surface area contributed by atoms with Gasteiger partial charge in [0.25, 0.3) is 0 Å².